The molecule has 3 aromatic rings. The SMILES string of the molecule is COc1cc2nc(N3CCC(CO)CC3)sc2cc1NC(=O)c1cccc(C(F)(F)F)n1. The molecule has 0 radical (unpaired) electrons. The standard InChI is InChI=1S/C21H21F3N4O3S/c1-31-16-9-15-17(32-20(27-15)28-7-5-12(11-29)6-8-28)10-14(16)26-19(30)13-3-2-4-18(25-13)21(22,23)24/h2-4,9-10,12,29H,5-8,11H2,1H3,(H,26,30). The highest BCUT2D eigenvalue weighted by Crippen LogP contribution is 2.37. The maximum atomic E-state index is 12.9. The summed E-state index contributed by atoms with van der Waals surface area (Å²) in [6.07, 6.45) is -2.86. The minimum Gasteiger partial charge on any atom is -0.494 e. The Morgan fingerprint density at radius 3 is 2.69 bits per heavy atom. The average Bonchev–Trinajstić information content (AvgIpc) is 3.21. The van der Waals surface area contributed by atoms with Crippen LogP contribution in [0.15, 0.2) is 30.3 Å². The molecule has 2 aromatic heterocycles. The number of halogens is 3. The number of anilines is 2. The number of methoxy groups -OCH3 is 1. The zero-order valence-corrected chi connectivity index (χ0v) is 18.0. The normalized spacial score (nSPS) is 15.2. The van der Waals surface area contributed by atoms with Crippen LogP contribution in [0.2, 0.25) is 0 Å². The molecule has 7 nitrogen and oxygen atoms in total. The number of benzene rings is 1. The zero-order chi connectivity index (χ0) is 22.9. The molecule has 0 unspecified atom stereocenters. The van der Waals surface area contributed by atoms with Gasteiger partial charge in [-0.05, 0) is 37.0 Å². The van der Waals surface area contributed by atoms with Gasteiger partial charge in [-0.2, -0.15) is 13.2 Å². The second kappa shape index (κ2) is 8.91. The minimum absolute atomic E-state index is 0.189. The Morgan fingerprint density at radius 2 is 2.03 bits per heavy atom. The molecule has 11 heteroatoms. The van der Waals surface area contributed by atoms with Gasteiger partial charge in [0.1, 0.15) is 17.1 Å². The Hall–Kier alpha value is -2.92. The molecular formula is C21H21F3N4O3S. The second-order valence-electron chi connectivity index (χ2n) is 7.49. The van der Waals surface area contributed by atoms with Crippen LogP contribution in [0.5, 0.6) is 5.75 Å². The van der Waals surface area contributed by atoms with Crippen molar-refractivity contribution in [1.82, 2.24) is 9.97 Å². The van der Waals surface area contributed by atoms with Crippen molar-refractivity contribution in [2.24, 2.45) is 5.92 Å². The highest BCUT2D eigenvalue weighted by Gasteiger charge is 2.33. The fourth-order valence-electron chi connectivity index (χ4n) is 3.56. The number of rotatable bonds is 5. The first-order valence-corrected chi connectivity index (χ1v) is 10.8. The van der Waals surface area contributed by atoms with Crippen LogP contribution in [0, 0.1) is 5.92 Å². The number of amides is 1. The third kappa shape index (κ3) is 4.63. The third-order valence-electron chi connectivity index (χ3n) is 5.36. The summed E-state index contributed by atoms with van der Waals surface area (Å²) in [5, 5.41) is 12.7. The Balaban J connectivity index is 1.58. The van der Waals surface area contributed by atoms with E-state index in [4.69, 9.17) is 4.74 Å². The number of aromatic nitrogens is 2. The average molecular weight is 466 g/mol. The molecule has 0 atom stereocenters. The molecule has 3 heterocycles. The second-order valence-corrected chi connectivity index (χ2v) is 8.50. The van der Waals surface area contributed by atoms with E-state index in [1.807, 2.05) is 0 Å². The van der Waals surface area contributed by atoms with E-state index in [1.165, 1.54) is 24.5 Å². The van der Waals surface area contributed by atoms with Crippen LogP contribution in [0.3, 0.4) is 0 Å². The molecule has 4 rings (SSSR count). The number of fused-ring (bicyclic) bond motifs is 1. The summed E-state index contributed by atoms with van der Waals surface area (Å²) in [5.41, 5.74) is -0.469. The maximum Gasteiger partial charge on any atom is 0.433 e. The molecule has 0 saturated carbocycles. The number of alkyl halides is 3. The molecule has 2 N–H and O–H groups in total. The lowest BCUT2D eigenvalue weighted by molar-refractivity contribution is -0.141. The Morgan fingerprint density at radius 1 is 1.28 bits per heavy atom. The number of nitrogens with one attached hydrogen (secondary N) is 1. The number of hydrogen-bond acceptors (Lipinski definition) is 7. The fourth-order valence-corrected chi connectivity index (χ4v) is 4.59. The van der Waals surface area contributed by atoms with Gasteiger partial charge in [-0.3, -0.25) is 4.79 Å². The van der Waals surface area contributed by atoms with Gasteiger partial charge in [0.25, 0.3) is 5.91 Å². The van der Waals surface area contributed by atoms with Crippen molar-refractivity contribution in [2.45, 2.75) is 19.0 Å². The summed E-state index contributed by atoms with van der Waals surface area (Å²) >= 11 is 1.46. The van der Waals surface area contributed by atoms with E-state index in [2.05, 4.69) is 20.2 Å². The topological polar surface area (TPSA) is 87.6 Å². The van der Waals surface area contributed by atoms with Gasteiger partial charge in [-0.25, -0.2) is 9.97 Å². The smallest absolute Gasteiger partial charge is 0.433 e. The van der Waals surface area contributed by atoms with Gasteiger partial charge in [-0.15, -0.1) is 0 Å². The van der Waals surface area contributed by atoms with Crippen LogP contribution in [0.25, 0.3) is 10.2 Å². The van der Waals surface area contributed by atoms with E-state index in [9.17, 15) is 23.1 Å². The number of aliphatic hydroxyl groups is 1. The Bertz CT molecular complexity index is 1130. The molecule has 1 saturated heterocycles. The van der Waals surface area contributed by atoms with Crippen molar-refractivity contribution in [2.75, 3.05) is 37.0 Å². The molecule has 1 aliphatic rings. The van der Waals surface area contributed by atoms with Gasteiger partial charge < -0.3 is 20.1 Å². The van der Waals surface area contributed by atoms with Crippen molar-refractivity contribution in [3.8, 4) is 5.75 Å². The summed E-state index contributed by atoms with van der Waals surface area (Å²) in [6, 6.07) is 6.55. The van der Waals surface area contributed by atoms with Crippen LogP contribution in [-0.4, -0.2) is 47.8 Å². The predicted octanol–water partition coefficient (Wildman–Crippen LogP) is 4.18. The summed E-state index contributed by atoms with van der Waals surface area (Å²) < 4.78 is 44.9. The van der Waals surface area contributed by atoms with Gasteiger partial charge in [0.15, 0.2) is 5.13 Å². The number of pyridine rings is 1. The highest BCUT2D eigenvalue weighted by atomic mass is 32.1. The van der Waals surface area contributed by atoms with Crippen molar-refractivity contribution in [3.05, 3.63) is 41.7 Å². The van der Waals surface area contributed by atoms with E-state index in [0.29, 0.717) is 22.9 Å². The first-order valence-electron chi connectivity index (χ1n) is 9.98. The lowest BCUT2D eigenvalue weighted by Gasteiger charge is -2.30. The molecule has 0 bridgehead atoms. The van der Waals surface area contributed by atoms with Gasteiger partial charge in [0.05, 0.1) is 23.0 Å². The molecule has 0 aliphatic carbocycles. The van der Waals surface area contributed by atoms with Crippen molar-refractivity contribution >= 4 is 38.3 Å². The fraction of sp³-hybridized carbons (Fsp3) is 0.381. The summed E-state index contributed by atoms with van der Waals surface area (Å²) in [6.45, 7) is 1.79. The van der Waals surface area contributed by atoms with Gasteiger partial charge in [0, 0.05) is 25.8 Å². The van der Waals surface area contributed by atoms with E-state index < -0.39 is 17.8 Å². The third-order valence-corrected chi connectivity index (χ3v) is 6.44. The van der Waals surface area contributed by atoms with Gasteiger partial charge >= 0.3 is 6.18 Å². The summed E-state index contributed by atoms with van der Waals surface area (Å²) in [7, 11) is 1.44. The predicted molar refractivity (Wildman–Crippen MR) is 115 cm³/mol. The summed E-state index contributed by atoms with van der Waals surface area (Å²) in [4.78, 5) is 22.8. The Labute approximate surface area is 185 Å². The van der Waals surface area contributed by atoms with E-state index in [1.54, 1.807) is 12.1 Å². The van der Waals surface area contributed by atoms with Gasteiger partial charge in [-0.1, -0.05) is 17.4 Å². The molecule has 170 valence electrons. The number of hydrogen-bond donors (Lipinski definition) is 2. The molecule has 1 amide bonds. The van der Waals surface area contributed by atoms with Crippen LogP contribution in [0.4, 0.5) is 24.0 Å². The van der Waals surface area contributed by atoms with E-state index in [-0.39, 0.29) is 12.3 Å². The number of piperidine rings is 1. The first-order chi connectivity index (χ1) is 15.3. The lowest BCUT2D eigenvalue weighted by Crippen LogP contribution is -2.34. The zero-order valence-electron chi connectivity index (χ0n) is 17.1. The van der Waals surface area contributed by atoms with E-state index >= 15 is 0 Å². The number of aliphatic hydroxyl groups excluding tert-OH is 1. The number of nitrogens with zero attached hydrogens (tertiary/aromatic N) is 3. The van der Waals surface area contributed by atoms with Crippen molar-refractivity contribution in [1.29, 1.82) is 0 Å². The molecule has 32 heavy (non-hydrogen) atoms. The first kappa shape index (κ1) is 22.3. The minimum atomic E-state index is -4.64. The number of carbonyl (C=O) groups is 1. The lowest BCUT2D eigenvalue weighted by atomic mass is 9.98. The largest absolute Gasteiger partial charge is 0.494 e. The summed E-state index contributed by atoms with van der Waals surface area (Å²) in [5.74, 6) is -0.120. The quantitative estimate of drug-likeness (QED) is 0.587. The number of carbonyl (C=O) groups excluding carboxylic acids is 1. The number of ether oxygens (including phenoxy) is 1. The number of thiazole rings is 1. The molecule has 1 aliphatic heterocycles. The van der Waals surface area contributed by atoms with Crippen molar-refractivity contribution in [3.63, 3.8) is 0 Å². The van der Waals surface area contributed by atoms with Crippen molar-refractivity contribution < 1.29 is 27.8 Å². The monoisotopic (exact) mass is 466 g/mol. The van der Waals surface area contributed by atoms with Crippen LogP contribution in [-0.2, 0) is 6.18 Å². The molecule has 0 spiro atoms. The Kier molecular flexibility index (Phi) is 6.20. The van der Waals surface area contributed by atoms with Crippen LogP contribution in [0.1, 0.15) is 29.0 Å². The van der Waals surface area contributed by atoms with E-state index in [0.717, 1.165) is 47.9 Å². The van der Waals surface area contributed by atoms with Crippen LogP contribution < -0.4 is 15.0 Å². The molecule has 1 fully saturated rings. The molecular weight excluding hydrogens is 445 g/mol. The van der Waals surface area contributed by atoms with Crippen LogP contribution >= 0.6 is 11.3 Å². The van der Waals surface area contributed by atoms with Gasteiger partial charge in [0.2, 0.25) is 0 Å². The maximum absolute atomic E-state index is 12.9. The molecule has 1 aromatic carbocycles. The highest BCUT2D eigenvalue weighted by molar-refractivity contribution is 7.22.